The molecule has 0 radical (unpaired) electrons. The molecule has 0 aliphatic heterocycles. The van der Waals surface area contributed by atoms with E-state index in [0.717, 1.165) is 21.5 Å². The topological polar surface area (TPSA) is 21.3 Å². The zero-order valence-corrected chi connectivity index (χ0v) is 27.6. The number of furan rings is 1. The van der Waals surface area contributed by atoms with Crippen molar-refractivity contribution in [1.82, 2.24) is 4.57 Å². The van der Waals surface area contributed by atoms with E-state index in [2.05, 4.69) is 0 Å². The van der Waals surface area contributed by atoms with Crippen LogP contribution in [-0.4, -0.2) is 4.57 Å². The van der Waals surface area contributed by atoms with Crippen LogP contribution in [0.4, 0.5) is 17.1 Å². The monoisotopic (exact) mass is 691 g/mol. The van der Waals surface area contributed by atoms with Crippen molar-refractivity contribution < 1.29 is 25.0 Å². The first-order chi connectivity index (χ1) is 32.6. The van der Waals surface area contributed by atoms with Crippen LogP contribution in [0.2, 0.25) is 0 Å². The maximum Gasteiger partial charge on any atom is 0.143 e. The molecule has 0 atom stereocenters. The van der Waals surface area contributed by atoms with Crippen molar-refractivity contribution in [2.45, 2.75) is 0 Å². The molecule has 0 bridgehead atoms. The van der Waals surface area contributed by atoms with Gasteiger partial charge in [-0.3, -0.25) is 0 Å². The Hall–Kier alpha value is -7.10. The Kier molecular flexibility index (Phi) is 4.07. The third-order valence-corrected chi connectivity index (χ3v) is 9.68. The second-order valence-electron chi connectivity index (χ2n) is 12.5. The number of hydrogen-bond donors (Lipinski definition) is 0. The normalized spacial score (nSPS) is 15.7. The predicted molar refractivity (Wildman–Crippen MR) is 223 cm³/mol. The van der Waals surface area contributed by atoms with Gasteiger partial charge in [0.05, 0.1) is 54.0 Å². The standard InChI is InChI=1S/C50H32N2O/c1-3-16-37-33(13-1)15-11-20-38(37)35-27-30-36(31-28-35)51(47-25-12-26-48-49(47)42-32-29-34-14-2-4-17-39(34)50(42)53-48)45-23-9-10-24-46(45)52-43-21-7-5-18-40(43)41-19-6-8-22-44(41)52/h1-32H/i1D,3D,9D,10D,11D,13D,15D,16D,20D,23D,24D,27D,28D,30D,31D. The summed E-state index contributed by atoms with van der Waals surface area (Å²) in [7, 11) is 0. The molecule has 11 rings (SSSR count). The summed E-state index contributed by atoms with van der Waals surface area (Å²) in [4.78, 5) is 1.29. The van der Waals surface area contributed by atoms with E-state index in [4.69, 9.17) is 16.8 Å². The van der Waals surface area contributed by atoms with Crippen molar-refractivity contribution in [3.05, 3.63) is 194 Å². The fourth-order valence-corrected chi connectivity index (χ4v) is 7.40. The Morgan fingerprint density at radius 2 is 1.17 bits per heavy atom. The summed E-state index contributed by atoms with van der Waals surface area (Å²) in [5, 5.41) is 3.29. The minimum absolute atomic E-state index is 0.0788. The van der Waals surface area contributed by atoms with Gasteiger partial charge in [0.15, 0.2) is 0 Å². The van der Waals surface area contributed by atoms with Crippen molar-refractivity contribution in [2.75, 3.05) is 4.90 Å². The molecule has 9 aromatic carbocycles. The lowest BCUT2D eigenvalue weighted by atomic mass is 9.98. The van der Waals surface area contributed by atoms with Crippen LogP contribution in [0.1, 0.15) is 20.6 Å². The molecule has 248 valence electrons. The van der Waals surface area contributed by atoms with E-state index in [-0.39, 0.29) is 17.1 Å². The van der Waals surface area contributed by atoms with Gasteiger partial charge in [-0.05, 0) is 81.8 Å². The second-order valence-corrected chi connectivity index (χ2v) is 12.5. The Bertz CT molecular complexity index is 3980. The van der Waals surface area contributed by atoms with Crippen molar-refractivity contribution in [3.63, 3.8) is 0 Å². The van der Waals surface area contributed by atoms with Gasteiger partial charge >= 0.3 is 0 Å². The van der Waals surface area contributed by atoms with Crippen LogP contribution in [0.15, 0.2) is 198 Å². The Morgan fingerprint density at radius 1 is 0.472 bits per heavy atom. The van der Waals surface area contributed by atoms with Gasteiger partial charge in [-0.1, -0.05) is 139 Å². The number of benzene rings is 9. The van der Waals surface area contributed by atoms with Crippen molar-refractivity contribution in [2.24, 2.45) is 0 Å². The van der Waals surface area contributed by atoms with Gasteiger partial charge in [-0.2, -0.15) is 0 Å². The smallest absolute Gasteiger partial charge is 0.143 e. The van der Waals surface area contributed by atoms with Crippen molar-refractivity contribution in [1.29, 1.82) is 0 Å². The third kappa shape index (κ3) is 4.54. The van der Waals surface area contributed by atoms with E-state index in [9.17, 15) is 8.22 Å². The summed E-state index contributed by atoms with van der Waals surface area (Å²) >= 11 is 0. The number of nitrogens with zero attached hydrogens (tertiary/aromatic N) is 2. The number of rotatable bonds is 5. The molecule has 0 unspecified atom stereocenters. The largest absolute Gasteiger partial charge is 0.455 e. The summed E-state index contributed by atoms with van der Waals surface area (Å²) in [6.07, 6.45) is 0. The molecular weight excluding hydrogens is 645 g/mol. The van der Waals surface area contributed by atoms with Crippen LogP contribution in [0, 0.1) is 0 Å². The van der Waals surface area contributed by atoms with E-state index in [1.807, 2.05) is 72.8 Å². The molecule has 0 fully saturated rings. The number of fused-ring (bicyclic) bond motifs is 9. The van der Waals surface area contributed by atoms with E-state index in [0.29, 0.717) is 33.0 Å². The zero-order chi connectivity index (χ0) is 47.9. The first-order valence-corrected chi connectivity index (χ1v) is 16.9. The van der Waals surface area contributed by atoms with Crippen LogP contribution in [0.3, 0.4) is 0 Å². The van der Waals surface area contributed by atoms with E-state index in [1.54, 1.807) is 34.9 Å². The van der Waals surface area contributed by atoms with Gasteiger partial charge in [0.1, 0.15) is 11.2 Å². The molecule has 0 amide bonds. The van der Waals surface area contributed by atoms with Crippen LogP contribution in [-0.2, 0) is 0 Å². The molecule has 0 N–H and O–H groups in total. The molecule has 3 nitrogen and oxygen atoms in total. The van der Waals surface area contributed by atoms with Gasteiger partial charge < -0.3 is 13.9 Å². The second kappa shape index (κ2) is 11.7. The van der Waals surface area contributed by atoms with Crippen LogP contribution >= 0.6 is 0 Å². The number of hydrogen-bond acceptors (Lipinski definition) is 2. The maximum absolute atomic E-state index is 9.92. The predicted octanol–water partition coefficient (Wildman–Crippen LogP) is 14.1. The highest BCUT2D eigenvalue weighted by atomic mass is 16.3. The molecule has 53 heavy (non-hydrogen) atoms. The van der Waals surface area contributed by atoms with Gasteiger partial charge in [0, 0.05) is 27.2 Å². The average molecular weight is 692 g/mol. The Balaban J connectivity index is 1.34. The molecule has 11 aromatic rings. The van der Waals surface area contributed by atoms with Crippen LogP contribution in [0.5, 0.6) is 0 Å². The van der Waals surface area contributed by atoms with Gasteiger partial charge in [-0.25, -0.2) is 0 Å². The lowest BCUT2D eigenvalue weighted by molar-refractivity contribution is 0.672. The van der Waals surface area contributed by atoms with Crippen LogP contribution in [0.25, 0.3) is 82.1 Å². The molecule has 0 saturated carbocycles. The van der Waals surface area contributed by atoms with Gasteiger partial charge in [0.2, 0.25) is 0 Å². The fraction of sp³-hybridized carbons (Fsp3) is 0. The Labute approximate surface area is 327 Å². The molecule has 3 heteroatoms. The SMILES string of the molecule is [2H]c1c([2H])c([2H])c(-n2c3ccccc3c3ccccc32)c(N(c2c([2H])c([2H])c(-c3c([2H])c([2H])c([2H])c4c([2H])c([2H])c([2H])c([2H])c34)c([2H])c2[2H])c2cccc3oc4c5ccccc5ccc4c23)c1[2H]. The van der Waals surface area contributed by atoms with Crippen LogP contribution < -0.4 is 4.90 Å². The number of aromatic nitrogens is 1. The van der Waals surface area contributed by atoms with E-state index >= 15 is 0 Å². The summed E-state index contributed by atoms with van der Waals surface area (Å²) < 4.78 is 146. The molecular formula is C50H32N2O. The minimum Gasteiger partial charge on any atom is -0.455 e. The molecule has 0 saturated heterocycles. The molecule has 2 heterocycles. The van der Waals surface area contributed by atoms with Gasteiger partial charge in [-0.15, -0.1) is 0 Å². The minimum atomic E-state index is -0.792. The molecule has 0 aliphatic rings. The first-order valence-electron chi connectivity index (χ1n) is 24.4. The summed E-state index contributed by atoms with van der Waals surface area (Å²) in [5.74, 6) is 0. The highest BCUT2D eigenvalue weighted by Crippen LogP contribution is 2.47. The first kappa shape index (κ1) is 18.4. The zero-order valence-electron chi connectivity index (χ0n) is 42.6. The quantitative estimate of drug-likeness (QED) is 0.179. The lowest BCUT2D eigenvalue weighted by Crippen LogP contribution is -2.13. The summed E-state index contributed by atoms with van der Waals surface area (Å²) in [6.45, 7) is 0. The highest BCUT2D eigenvalue weighted by Gasteiger charge is 2.24. The number of para-hydroxylation sites is 4. The van der Waals surface area contributed by atoms with E-state index in [1.165, 1.54) is 4.90 Å². The van der Waals surface area contributed by atoms with E-state index < -0.39 is 118 Å². The molecule has 0 spiro atoms. The van der Waals surface area contributed by atoms with Crippen molar-refractivity contribution in [3.8, 4) is 16.8 Å². The lowest BCUT2D eigenvalue weighted by Gasteiger charge is -2.29. The fourth-order valence-electron chi connectivity index (χ4n) is 7.40. The molecule has 2 aromatic heterocycles. The highest BCUT2D eigenvalue weighted by molar-refractivity contribution is 6.20. The van der Waals surface area contributed by atoms with Crippen molar-refractivity contribution >= 4 is 82.4 Å². The number of anilines is 3. The molecule has 0 aliphatic carbocycles. The average Bonchev–Trinajstić information content (AvgIpc) is 3.90. The summed E-state index contributed by atoms with van der Waals surface area (Å²) in [6, 6.07) is 20.6. The third-order valence-electron chi connectivity index (χ3n) is 9.68. The van der Waals surface area contributed by atoms with Gasteiger partial charge in [0.25, 0.3) is 0 Å². The summed E-state index contributed by atoms with van der Waals surface area (Å²) in [5.41, 5.74) is 0.233. The maximum atomic E-state index is 9.92. The Morgan fingerprint density at radius 3 is 2.00 bits per heavy atom.